The zero-order valence-electron chi connectivity index (χ0n) is 13.4. The summed E-state index contributed by atoms with van der Waals surface area (Å²) in [4.78, 5) is 0.0957. The molecule has 2 aromatic rings. The lowest BCUT2D eigenvalue weighted by Gasteiger charge is -2.11. The molecule has 10 heteroatoms. The van der Waals surface area contributed by atoms with Gasteiger partial charge in [-0.2, -0.15) is 5.10 Å². The van der Waals surface area contributed by atoms with E-state index in [2.05, 4.69) is 9.82 Å². The number of aromatic nitrogens is 2. The second-order valence-electron chi connectivity index (χ2n) is 5.91. The van der Waals surface area contributed by atoms with Gasteiger partial charge in [0.05, 0.1) is 41.7 Å². The lowest BCUT2D eigenvalue weighted by molar-refractivity contribution is 0.484. The topological polar surface area (TPSA) is 111 Å². The number of hydrogen-bond acceptors (Lipinski definition) is 6. The Morgan fingerprint density at radius 3 is 2.75 bits per heavy atom. The average molecular weight is 373 g/mol. The first-order chi connectivity index (χ1) is 11.2. The lowest BCUT2D eigenvalue weighted by Crippen LogP contribution is -2.24. The Kier molecular flexibility index (Phi) is 4.30. The van der Waals surface area contributed by atoms with Gasteiger partial charge in [-0.05, 0) is 32.4 Å². The van der Waals surface area contributed by atoms with Crippen molar-refractivity contribution in [1.29, 1.82) is 0 Å². The van der Waals surface area contributed by atoms with Crippen LogP contribution in [0.25, 0.3) is 0 Å². The molecule has 132 valence electrons. The maximum absolute atomic E-state index is 12.6. The van der Waals surface area contributed by atoms with Gasteiger partial charge in [0.2, 0.25) is 10.0 Å². The van der Waals surface area contributed by atoms with Gasteiger partial charge < -0.3 is 4.42 Å². The molecular weight excluding hydrogens is 354 g/mol. The number of nitrogens with one attached hydrogen (secondary N) is 1. The molecule has 0 aromatic carbocycles. The van der Waals surface area contributed by atoms with Gasteiger partial charge in [0, 0.05) is 0 Å². The molecule has 0 saturated carbocycles. The lowest BCUT2D eigenvalue weighted by atomic mass is 10.2. The number of nitrogens with zero attached hydrogens (tertiary/aromatic N) is 2. The molecule has 1 saturated heterocycles. The normalized spacial score (nSPS) is 20.5. The summed E-state index contributed by atoms with van der Waals surface area (Å²) in [5.74, 6) is 0.603. The molecule has 3 rings (SSSR count). The standard InChI is InChI=1S/C14H19N3O5S2/c1-10-14(24(20,21)15-8-13-4-3-6-22-13)11(2)17(16-10)12-5-7-23(18,19)9-12/h3-4,6,12,15H,5,7-9H2,1-2H3. The largest absolute Gasteiger partial charge is 0.468 e. The number of rotatable bonds is 5. The van der Waals surface area contributed by atoms with Crippen LogP contribution in [0, 0.1) is 13.8 Å². The molecule has 1 aliphatic heterocycles. The van der Waals surface area contributed by atoms with Crippen LogP contribution in [0.3, 0.4) is 0 Å². The SMILES string of the molecule is Cc1nn(C2CCS(=O)(=O)C2)c(C)c1S(=O)(=O)NCc1ccco1. The van der Waals surface area contributed by atoms with E-state index in [-0.39, 0.29) is 29.0 Å². The second kappa shape index (κ2) is 6.01. The highest BCUT2D eigenvalue weighted by atomic mass is 32.2. The molecule has 1 unspecified atom stereocenters. The fraction of sp³-hybridized carbons (Fsp3) is 0.500. The summed E-state index contributed by atoms with van der Waals surface area (Å²) in [6, 6.07) is 3.04. The Hall–Kier alpha value is -1.65. The maximum atomic E-state index is 12.6. The number of hydrogen-bond donors (Lipinski definition) is 1. The minimum Gasteiger partial charge on any atom is -0.468 e. The van der Waals surface area contributed by atoms with Gasteiger partial charge in [0.25, 0.3) is 0 Å². The third kappa shape index (κ3) is 3.26. The number of aryl methyl sites for hydroxylation is 1. The van der Waals surface area contributed by atoms with Crippen LogP contribution in [0.1, 0.15) is 29.6 Å². The van der Waals surface area contributed by atoms with E-state index < -0.39 is 19.9 Å². The number of furan rings is 1. The molecule has 24 heavy (non-hydrogen) atoms. The Labute approximate surface area is 140 Å². The van der Waals surface area contributed by atoms with Crippen LogP contribution in [-0.4, -0.2) is 38.1 Å². The zero-order chi connectivity index (χ0) is 17.5. The molecule has 0 amide bonds. The van der Waals surface area contributed by atoms with E-state index in [4.69, 9.17) is 4.42 Å². The van der Waals surface area contributed by atoms with E-state index >= 15 is 0 Å². The van der Waals surface area contributed by atoms with Crippen molar-refractivity contribution in [1.82, 2.24) is 14.5 Å². The van der Waals surface area contributed by atoms with Crippen LogP contribution in [-0.2, 0) is 26.4 Å². The molecule has 1 atom stereocenters. The van der Waals surface area contributed by atoms with Gasteiger partial charge in [-0.25, -0.2) is 21.6 Å². The van der Waals surface area contributed by atoms with E-state index in [1.54, 1.807) is 26.0 Å². The fourth-order valence-electron chi connectivity index (χ4n) is 3.01. The summed E-state index contributed by atoms with van der Waals surface area (Å²) >= 11 is 0. The molecule has 3 heterocycles. The molecule has 0 radical (unpaired) electrons. The molecule has 8 nitrogen and oxygen atoms in total. The summed E-state index contributed by atoms with van der Waals surface area (Å²) < 4.78 is 57.7. The van der Waals surface area contributed by atoms with Crippen LogP contribution < -0.4 is 4.72 Å². The van der Waals surface area contributed by atoms with Gasteiger partial charge in [0.15, 0.2) is 9.84 Å². The maximum Gasteiger partial charge on any atom is 0.244 e. The number of sulfone groups is 1. The van der Waals surface area contributed by atoms with E-state index in [0.29, 0.717) is 23.6 Å². The third-order valence-electron chi connectivity index (χ3n) is 4.10. The monoisotopic (exact) mass is 373 g/mol. The summed E-state index contributed by atoms with van der Waals surface area (Å²) in [6.07, 6.45) is 1.92. The Bertz CT molecular complexity index is 943. The predicted molar refractivity (Wildman–Crippen MR) is 86.7 cm³/mol. The van der Waals surface area contributed by atoms with Crippen LogP contribution in [0.2, 0.25) is 0 Å². The highest BCUT2D eigenvalue weighted by Gasteiger charge is 2.33. The molecular formula is C14H19N3O5S2. The molecule has 0 bridgehead atoms. The van der Waals surface area contributed by atoms with E-state index in [9.17, 15) is 16.8 Å². The van der Waals surface area contributed by atoms with Crippen molar-refractivity contribution < 1.29 is 21.3 Å². The van der Waals surface area contributed by atoms with Crippen LogP contribution in [0.15, 0.2) is 27.7 Å². The predicted octanol–water partition coefficient (Wildman–Crippen LogP) is 0.931. The van der Waals surface area contributed by atoms with Crippen molar-refractivity contribution in [3.63, 3.8) is 0 Å². The van der Waals surface area contributed by atoms with Crippen LogP contribution >= 0.6 is 0 Å². The smallest absolute Gasteiger partial charge is 0.244 e. The minimum absolute atomic E-state index is 0.00568. The van der Waals surface area contributed by atoms with Crippen LogP contribution in [0.5, 0.6) is 0 Å². The van der Waals surface area contributed by atoms with Crippen molar-refractivity contribution in [3.05, 3.63) is 35.5 Å². The first-order valence-corrected chi connectivity index (χ1v) is 10.8. The molecule has 1 fully saturated rings. The van der Waals surface area contributed by atoms with Crippen molar-refractivity contribution in [3.8, 4) is 0 Å². The summed E-state index contributed by atoms with van der Waals surface area (Å²) in [5, 5.41) is 4.28. The highest BCUT2D eigenvalue weighted by molar-refractivity contribution is 7.91. The van der Waals surface area contributed by atoms with Gasteiger partial charge in [-0.15, -0.1) is 0 Å². The van der Waals surface area contributed by atoms with Gasteiger partial charge in [-0.1, -0.05) is 0 Å². The Morgan fingerprint density at radius 1 is 1.42 bits per heavy atom. The first kappa shape index (κ1) is 17.2. The van der Waals surface area contributed by atoms with E-state index in [1.807, 2.05) is 0 Å². The quantitative estimate of drug-likeness (QED) is 0.835. The summed E-state index contributed by atoms with van der Waals surface area (Å²) in [7, 11) is -6.86. The van der Waals surface area contributed by atoms with Gasteiger partial charge in [-0.3, -0.25) is 4.68 Å². The molecule has 0 aliphatic carbocycles. The van der Waals surface area contributed by atoms with Gasteiger partial charge in [0.1, 0.15) is 10.7 Å². The Balaban J connectivity index is 1.88. The third-order valence-corrected chi connectivity index (χ3v) is 7.50. The Morgan fingerprint density at radius 2 is 2.17 bits per heavy atom. The zero-order valence-corrected chi connectivity index (χ0v) is 15.0. The molecule has 1 N–H and O–H groups in total. The van der Waals surface area contributed by atoms with E-state index in [1.165, 1.54) is 10.9 Å². The summed E-state index contributed by atoms with van der Waals surface area (Å²) in [6.45, 7) is 3.29. The highest BCUT2D eigenvalue weighted by Crippen LogP contribution is 2.28. The van der Waals surface area contributed by atoms with Crippen molar-refractivity contribution >= 4 is 19.9 Å². The van der Waals surface area contributed by atoms with Gasteiger partial charge >= 0.3 is 0 Å². The van der Waals surface area contributed by atoms with Crippen molar-refractivity contribution in [2.24, 2.45) is 0 Å². The molecule has 2 aromatic heterocycles. The van der Waals surface area contributed by atoms with Crippen LogP contribution in [0.4, 0.5) is 0 Å². The van der Waals surface area contributed by atoms with E-state index in [0.717, 1.165) is 0 Å². The first-order valence-electron chi connectivity index (χ1n) is 7.48. The number of sulfonamides is 1. The second-order valence-corrected chi connectivity index (χ2v) is 9.84. The van der Waals surface area contributed by atoms with Crippen molar-refractivity contribution in [2.45, 2.75) is 37.8 Å². The average Bonchev–Trinajstić information content (AvgIpc) is 3.17. The fourth-order valence-corrected chi connectivity index (χ4v) is 6.09. The van der Waals surface area contributed by atoms with Crippen molar-refractivity contribution in [2.75, 3.05) is 11.5 Å². The summed E-state index contributed by atoms with van der Waals surface area (Å²) in [5.41, 5.74) is 0.797. The molecule has 1 aliphatic rings. The molecule has 0 spiro atoms. The minimum atomic E-state index is -3.78.